The molecule has 2 N–H and O–H groups in total. The second kappa shape index (κ2) is 6.87. The zero-order valence-corrected chi connectivity index (χ0v) is 13.8. The van der Waals surface area contributed by atoms with Gasteiger partial charge < -0.3 is 15.5 Å². The first-order valence-corrected chi connectivity index (χ1v) is 7.88. The molecule has 0 radical (unpaired) electrons. The Morgan fingerprint density at radius 2 is 2.00 bits per heavy atom. The van der Waals surface area contributed by atoms with E-state index in [0.717, 1.165) is 44.0 Å². The molecule has 1 aromatic rings. The molecular weight excluding hydrogens is 321 g/mol. The van der Waals surface area contributed by atoms with Crippen molar-refractivity contribution < 1.29 is 4.39 Å². The van der Waals surface area contributed by atoms with E-state index >= 15 is 0 Å². The number of rotatable bonds is 4. The summed E-state index contributed by atoms with van der Waals surface area (Å²) in [5.74, 6) is 0.537. The molecule has 1 fully saturated rings. The Labute approximate surface area is 129 Å². The number of nitrogens with two attached hydrogens (primary N) is 1. The average Bonchev–Trinajstić information content (AvgIpc) is 2.42. The third-order valence-electron chi connectivity index (χ3n) is 3.94. The van der Waals surface area contributed by atoms with Crippen LogP contribution in [0.3, 0.4) is 0 Å². The van der Waals surface area contributed by atoms with E-state index in [9.17, 15) is 4.39 Å². The summed E-state index contributed by atoms with van der Waals surface area (Å²) in [7, 11) is 4.21. The highest BCUT2D eigenvalue weighted by atomic mass is 79.9. The average molecular weight is 344 g/mol. The Kier molecular flexibility index (Phi) is 5.41. The van der Waals surface area contributed by atoms with Gasteiger partial charge in [-0.3, -0.25) is 0 Å². The predicted molar refractivity (Wildman–Crippen MR) is 85.5 cm³/mol. The summed E-state index contributed by atoms with van der Waals surface area (Å²) in [5.41, 5.74) is 7.10. The molecule has 1 aliphatic heterocycles. The second-order valence-electron chi connectivity index (χ2n) is 5.77. The number of benzene rings is 1. The summed E-state index contributed by atoms with van der Waals surface area (Å²) in [4.78, 5) is 4.38. The molecule has 0 aromatic heterocycles. The van der Waals surface area contributed by atoms with Gasteiger partial charge >= 0.3 is 0 Å². The number of piperidine rings is 1. The normalized spacial score (nSPS) is 17.0. The molecule has 112 valence electrons. The van der Waals surface area contributed by atoms with E-state index in [1.165, 1.54) is 0 Å². The van der Waals surface area contributed by atoms with Gasteiger partial charge in [0.2, 0.25) is 0 Å². The van der Waals surface area contributed by atoms with Crippen molar-refractivity contribution >= 4 is 21.6 Å². The zero-order valence-electron chi connectivity index (χ0n) is 12.2. The number of hydrogen-bond acceptors (Lipinski definition) is 3. The fourth-order valence-corrected chi connectivity index (χ4v) is 3.35. The first-order valence-electron chi connectivity index (χ1n) is 7.09. The van der Waals surface area contributed by atoms with Crippen LogP contribution in [0.15, 0.2) is 16.6 Å². The maximum Gasteiger partial charge on any atom is 0.160 e. The third kappa shape index (κ3) is 3.51. The Morgan fingerprint density at radius 3 is 2.55 bits per heavy atom. The molecular formula is C15H23BrFN3. The van der Waals surface area contributed by atoms with Crippen LogP contribution in [0.25, 0.3) is 0 Å². The first kappa shape index (κ1) is 15.7. The van der Waals surface area contributed by atoms with Crippen LogP contribution in [-0.2, 0) is 6.54 Å². The van der Waals surface area contributed by atoms with E-state index in [0.29, 0.717) is 16.7 Å². The lowest BCUT2D eigenvalue weighted by molar-refractivity contribution is 0.284. The van der Waals surface area contributed by atoms with Crippen molar-refractivity contribution in [3.05, 3.63) is 28.0 Å². The van der Waals surface area contributed by atoms with Gasteiger partial charge in [-0.15, -0.1) is 0 Å². The van der Waals surface area contributed by atoms with E-state index in [4.69, 9.17) is 5.73 Å². The summed E-state index contributed by atoms with van der Waals surface area (Å²) in [6, 6.07) is 3.77. The van der Waals surface area contributed by atoms with Crippen LogP contribution in [0.1, 0.15) is 18.4 Å². The van der Waals surface area contributed by atoms with Crippen LogP contribution in [0, 0.1) is 11.7 Å². The lowest BCUT2D eigenvalue weighted by Crippen LogP contribution is -2.37. The van der Waals surface area contributed by atoms with Crippen LogP contribution in [0.5, 0.6) is 0 Å². The highest BCUT2D eigenvalue weighted by Crippen LogP contribution is 2.31. The van der Waals surface area contributed by atoms with Gasteiger partial charge in [0.25, 0.3) is 0 Å². The zero-order chi connectivity index (χ0) is 14.7. The van der Waals surface area contributed by atoms with Crippen molar-refractivity contribution in [1.29, 1.82) is 0 Å². The van der Waals surface area contributed by atoms with Crippen molar-refractivity contribution in [2.45, 2.75) is 19.4 Å². The Balaban J connectivity index is 2.06. The minimum atomic E-state index is -0.181. The van der Waals surface area contributed by atoms with Crippen LogP contribution < -0.4 is 10.6 Å². The van der Waals surface area contributed by atoms with Crippen molar-refractivity contribution in [2.75, 3.05) is 38.6 Å². The Bertz CT molecular complexity index is 457. The molecule has 1 saturated heterocycles. The fraction of sp³-hybridized carbons (Fsp3) is 0.600. The fourth-order valence-electron chi connectivity index (χ4n) is 2.85. The molecule has 0 amide bonds. The van der Waals surface area contributed by atoms with Crippen LogP contribution >= 0.6 is 15.9 Å². The summed E-state index contributed by atoms with van der Waals surface area (Å²) >= 11 is 3.31. The van der Waals surface area contributed by atoms with Crippen LogP contribution in [0.4, 0.5) is 10.1 Å². The second-order valence-corrected chi connectivity index (χ2v) is 6.56. The van der Waals surface area contributed by atoms with Gasteiger partial charge in [0.15, 0.2) is 5.82 Å². The topological polar surface area (TPSA) is 32.5 Å². The van der Waals surface area contributed by atoms with Gasteiger partial charge in [0, 0.05) is 26.2 Å². The molecule has 0 atom stereocenters. The van der Waals surface area contributed by atoms with Gasteiger partial charge in [-0.25, -0.2) is 4.39 Å². The minimum Gasteiger partial charge on any atom is -0.369 e. The van der Waals surface area contributed by atoms with Crippen molar-refractivity contribution in [3.63, 3.8) is 0 Å². The maximum atomic E-state index is 14.4. The third-order valence-corrected chi connectivity index (χ3v) is 4.80. The van der Waals surface area contributed by atoms with E-state index in [1.807, 2.05) is 12.1 Å². The predicted octanol–water partition coefficient (Wildman–Crippen LogP) is 2.82. The van der Waals surface area contributed by atoms with E-state index in [2.05, 4.69) is 39.8 Å². The molecule has 0 bridgehead atoms. The van der Waals surface area contributed by atoms with Crippen LogP contribution in [0.2, 0.25) is 0 Å². The summed E-state index contributed by atoms with van der Waals surface area (Å²) in [6.07, 6.45) is 2.24. The van der Waals surface area contributed by atoms with Crippen molar-refractivity contribution in [3.8, 4) is 0 Å². The number of halogens is 2. The van der Waals surface area contributed by atoms with E-state index in [1.54, 1.807) is 0 Å². The maximum absolute atomic E-state index is 14.4. The molecule has 0 saturated carbocycles. The molecule has 20 heavy (non-hydrogen) atoms. The van der Waals surface area contributed by atoms with Gasteiger partial charge in [-0.1, -0.05) is 6.07 Å². The van der Waals surface area contributed by atoms with Crippen molar-refractivity contribution in [1.82, 2.24) is 4.90 Å². The summed E-state index contributed by atoms with van der Waals surface area (Å²) < 4.78 is 14.9. The standard InChI is InChI=1S/C15H23BrFN3/c1-19(2)10-11-5-7-20(8-6-11)13-4-3-12(9-18)14(16)15(13)17/h3-4,11H,5-10,18H2,1-2H3. The molecule has 5 heteroatoms. The highest BCUT2D eigenvalue weighted by Gasteiger charge is 2.23. The van der Waals surface area contributed by atoms with Crippen molar-refractivity contribution in [2.24, 2.45) is 11.7 Å². The Hall–Kier alpha value is -0.650. The largest absolute Gasteiger partial charge is 0.369 e. The highest BCUT2D eigenvalue weighted by molar-refractivity contribution is 9.10. The monoisotopic (exact) mass is 343 g/mol. The molecule has 1 aromatic carbocycles. The van der Waals surface area contributed by atoms with Gasteiger partial charge in [-0.05, 0) is 60.4 Å². The quantitative estimate of drug-likeness (QED) is 0.912. The number of hydrogen-bond donors (Lipinski definition) is 1. The van der Waals surface area contributed by atoms with Gasteiger partial charge in [-0.2, -0.15) is 0 Å². The smallest absolute Gasteiger partial charge is 0.160 e. The molecule has 0 aliphatic carbocycles. The van der Waals surface area contributed by atoms with E-state index in [-0.39, 0.29) is 5.82 Å². The molecule has 3 nitrogen and oxygen atoms in total. The number of anilines is 1. The molecule has 0 unspecified atom stereocenters. The van der Waals surface area contributed by atoms with E-state index < -0.39 is 0 Å². The Morgan fingerprint density at radius 1 is 1.35 bits per heavy atom. The SMILES string of the molecule is CN(C)CC1CCN(c2ccc(CN)c(Br)c2F)CC1. The minimum absolute atomic E-state index is 0.181. The first-order chi connectivity index (χ1) is 9.52. The lowest BCUT2D eigenvalue weighted by atomic mass is 9.96. The molecule has 2 rings (SSSR count). The molecule has 1 aliphatic rings. The van der Waals surface area contributed by atoms with Crippen LogP contribution in [-0.4, -0.2) is 38.6 Å². The lowest BCUT2D eigenvalue weighted by Gasteiger charge is -2.35. The molecule has 1 heterocycles. The van der Waals surface area contributed by atoms with Gasteiger partial charge in [0.05, 0.1) is 10.2 Å². The van der Waals surface area contributed by atoms with Gasteiger partial charge in [0.1, 0.15) is 0 Å². The number of nitrogens with zero attached hydrogens (tertiary/aromatic N) is 2. The summed E-state index contributed by atoms with van der Waals surface area (Å²) in [6.45, 7) is 3.31. The summed E-state index contributed by atoms with van der Waals surface area (Å²) in [5, 5.41) is 0. The molecule has 0 spiro atoms.